The summed E-state index contributed by atoms with van der Waals surface area (Å²) in [4.78, 5) is 5.79. The van der Waals surface area contributed by atoms with Crippen molar-refractivity contribution in [1.29, 1.82) is 0 Å². The number of nitrogens with one attached hydrogen (secondary N) is 1. The molecule has 0 aliphatic carbocycles. The number of nitrogens with zero attached hydrogens (tertiary/aromatic N) is 1. The van der Waals surface area contributed by atoms with Crippen molar-refractivity contribution in [1.82, 2.24) is 10.3 Å². The normalized spacial score (nSPS) is 14.9. The first-order valence-corrected chi connectivity index (χ1v) is 7.18. The van der Waals surface area contributed by atoms with Crippen LogP contribution in [0, 0.1) is 0 Å². The first kappa shape index (κ1) is 11.8. The van der Waals surface area contributed by atoms with Gasteiger partial charge in [-0.25, -0.2) is 4.98 Å². The molecule has 2 rings (SSSR count). The standard InChI is InChI=1S/C12H16N2S2/c1-3-12(2,11-13-6-8-16-11)14-9-10-5-4-7-15-10/h4-8,14H,3,9H2,1-2H3. The molecule has 1 unspecified atom stereocenters. The molecule has 0 amide bonds. The second-order valence-corrected chi connectivity index (χ2v) is 5.88. The molecule has 2 aromatic rings. The molecule has 16 heavy (non-hydrogen) atoms. The molecule has 2 heterocycles. The summed E-state index contributed by atoms with van der Waals surface area (Å²) < 4.78 is 0. The Morgan fingerprint density at radius 3 is 2.81 bits per heavy atom. The van der Waals surface area contributed by atoms with Crippen LogP contribution < -0.4 is 5.32 Å². The van der Waals surface area contributed by atoms with Gasteiger partial charge in [0.2, 0.25) is 0 Å². The van der Waals surface area contributed by atoms with Crippen LogP contribution >= 0.6 is 22.7 Å². The second-order valence-electron chi connectivity index (χ2n) is 3.96. The van der Waals surface area contributed by atoms with Crippen LogP contribution in [0.4, 0.5) is 0 Å². The summed E-state index contributed by atoms with van der Waals surface area (Å²) in [5.74, 6) is 0. The van der Waals surface area contributed by atoms with E-state index in [1.54, 1.807) is 22.7 Å². The third kappa shape index (κ3) is 2.51. The Hall–Kier alpha value is -0.710. The summed E-state index contributed by atoms with van der Waals surface area (Å²) in [7, 11) is 0. The van der Waals surface area contributed by atoms with Gasteiger partial charge in [-0.15, -0.1) is 22.7 Å². The van der Waals surface area contributed by atoms with E-state index in [0.29, 0.717) is 0 Å². The first-order valence-electron chi connectivity index (χ1n) is 5.42. The fourth-order valence-corrected chi connectivity index (χ4v) is 3.04. The Balaban J connectivity index is 2.05. The molecular weight excluding hydrogens is 236 g/mol. The molecule has 0 radical (unpaired) electrons. The van der Waals surface area contributed by atoms with Crippen molar-refractivity contribution in [2.45, 2.75) is 32.4 Å². The van der Waals surface area contributed by atoms with Crippen LogP contribution in [0.5, 0.6) is 0 Å². The van der Waals surface area contributed by atoms with Crippen molar-refractivity contribution >= 4 is 22.7 Å². The van der Waals surface area contributed by atoms with E-state index in [1.807, 2.05) is 11.6 Å². The second kappa shape index (κ2) is 5.08. The fourth-order valence-electron chi connectivity index (χ4n) is 1.54. The molecule has 0 saturated heterocycles. The van der Waals surface area contributed by atoms with Crippen LogP contribution in [0.15, 0.2) is 29.1 Å². The highest BCUT2D eigenvalue weighted by molar-refractivity contribution is 7.10. The molecule has 0 aliphatic rings. The van der Waals surface area contributed by atoms with E-state index < -0.39 is 0 Å². The van der Waals surface area contributed by atoms with E-state index in [-0.39, 0.29) is 5.54 Å². The number of aromatic nitrogens is 1. The molecule has 0 saturated carbocycles. The third-order valence-electron chi connectivity index (χ3n) is 2.84. The summed E-state index contributed by atoms with van der Waals surface area (Å²) in [5.41, 5.74) is -0.00183. The van der Waals surface area contributed by atoms with Crippen LogP contribution in [0.2, 0.25) is 0 Å². The Kier molecular flexibility index (Phi) is 3.74. The maximum Gasteiger partial charge on any atom is 0.112 e. The van der Waals surface area contributed by atoms with Crippen LogP contribution in [-0.2, 0) is 12.1 Å². The number of thiophene rings is 1. The predicted molar refractivity (Wildman–Crippen MR) is 70.9 cm³/mol. The van der Waals surface area contributed by atoms with Gasteiger partial charge in [0, 0.05) is 23.0 Å². The Morgan fingerprint density at radius 1 is 1.38 bits per heavy atom. The topological polar surface area (TPSA) is 24.9 Å². The lowest BCUT2D eigenvalue weighted by Crippen LogP contribution is -2.38. The van der Waals surface area contributed by atoms with Gasteiger partial charge < -0.3 is 5.32 Å². The smallest absolute Gasteiger partial charge is 0.112 e. The lowest BCUT2D eigenvalue weighted by Gasteiger charge is -2.27. The zero-order chi connectivity index (χ0) is 11.4. The lowest BCUT2D eigenvalue weighted by molar-refractivity contribution is 0.351. The van der Waals surface area contributed by atoms with E-state index >= 15 is 0 Å². The quantitative estimate of drug-likeness (QED) is 0.879. The van der Waals surface area contributed by atoms with Crippen LogP contribution in [0.3, 0.4) is 0 Å². The minimum atomic E-state index is -0.00183. The summed E-state index contributed by atoms with van der Waals surface area (Å²) in [6, 6.07) is 4.25. The Morgan fingerprint density at radius 2 is 2.25 bits per heavy atom. The van der Waals surface area contributed by atoms with Gasteiger partial charge in [0.1, 0.15) is 5.01 Å². The van der Waals surface area contributed by atoms with Crippen molar-refractivity contribution < 1.29 is 0 Å². The van der Waals surface area contributed by atoms with Crippen LogP contribution in [-0.4, -0.2) is 4.98 Å². The minimum absolute atomic E-state index is 0.00183. The summed E-state index contributed by atoms with van der Waals surface area (Å²) in [6.07, 6.45) is 2.92. The van der Waals surface area contributed by atoms with Gasteiger partial charge in [-0.2, -0.15) is 0 Å². The first-order chi connectivity index (χ1) is 7.74. The predicted octanol–water partition coefficient (Wildman–Crippen LogP) is 3.62. The average Bonchev–Trinajstić information content (AvgIpc) is 2.98. The average molecular weight is 252 g/mol. The Labute approximate surface area is 104 Å². The van der Waals surface area contributed by atoms with Crippen LogP contribution in [0.1, 0.15) is 30.2 Å². The minimum Gasteiger partial charge on any atom is -0.301 e. The van der Waals surface area contributed by atoms with E-state index in [0.717, 1.165) is 13.0 Å². The van der Waals surface area contributed by atoms with Crippen molar-refractivity contribution in [3.8, 4) is 0 Å². The molecule has 0 bridgehead atoms. The largest absolute Gasteiger partial charge is 0.301 e. The zero-order valence-corrected chi connectivity index (χ0v) is 11.2. The van der Waals surface area contributed by atoms with Gasteiger partial charge in [0.05, 0.1) is 5.54 Å². The van der Waals surface area contributed by atoms with E-state index in [9.17, 15) is 0 Å². The van der Waals surface area contributed by atoms with Crippen molar-refractivity contribution in [2.75, 3.05) is 0 Å². The molecular formula is C12H16N2S2. The molecule has 0 spiro atoms. The third-order valence-corrected chi connectivity index (χ3v) is 4.76. The molecule has 0 aliphatic heterocycles. The molecule has 86 valence electrons. The number of hydrogen-bond donors (Lipinski definition) is 1. The van der Waals surface area contributed by atoms with E-state index in [4.69, 9.17) is 0 Å². The SMILES string of the molecule is CCC(C)(NCc1cccs1)c1nccs1. The highest BCUT2D eigenvalue weighted by Crippen LogP contribution is 2.26. The molecule has 0 aromatic carbocycles. The van der Waals surface area contributed by atoms with Gasteiger partial charge in [0.25, 0.3) is 0 Å². The summed E-state index contributed by atoms with van der Waals surface area (Å²) >= 11 is 3.51. The van der Waals surface area contributed by atoms with E-state index in [2.05, 4.69) is 41.7 Å². The molecule has 4 heteroatoms. The Bertz CT molecular complexity index is 408. The summed E-state index contributed by atoms with van der Waals surface area (Å²) in [5, 5.41) is 8.93. The molecule has 1 atom stereocenters. The van der Waals surface area contributed by atoms with Crippen molar-refractivity contribution in [3.63, 3.8) is 0 Å². The maximum atomic E-state index is 4.42. The van der Waals surface area contributed by atoms with Gasteiger partial charge >= 0.3 is 0 Å². The number of rotatable bonds is 5. The molecule has 0 fully saturated rings. The van der Waals surface area contributed by atoms with Gasteiger partial charge in [-0.1, -0.05) is 13.0 Å². The highest BCUT2D eigenvalue weighted by atomic mass is 32.1. The number of thiazole rings is 1. The zero-order valence-electron chi connectivity index (χ0n) is 9.56. The molecule has 1 N–H and O–H groups in total. The molecule has 2 aromatic heterocycles. The van der Waals surface area contributed by atoms with E-state index in [1.165, 1.54) is 9.88 Å². The maximum absolute atomic E-state index is 4.42. The van der Waals surface area contributed by atoms with Crippen LogP contribution in [0.25, 0.3) is 0 Å². The highest BCUT2D eigenvalue weighted by Gasteiger charge is 2.26. The van der Waals surface area contributed by atoms with Gasteiger partial charge in [0.15, 0.2) is 0 Å². The van der Waals surface area contributed by atoms with Gasteiger partial charge in [-0.05, 0) is 24.8 Å². The fraction of sp³-hybridized carbons (Fsp3) is 0.417. The monoisotopic (exact) mass is 252 g/mol. The summed E-state index contributed by atoms with van der Waals surface area (Å²) in [6.45, 7) is 5.34. The van der Waals surface area contributed by atoms with Crippen molar-refractivity contribution in [2.24, 2.45) is 0 Å². The number of hydrogen-bond acceptors (Lipinski definition) is 4. The molecule has 2 nitrogen and oxygen atoms in total. The van der Waals surface area contributed by atoms with Crippen molar-refractivity contribution in [3.05, 3.63) is 39.0 Å². The van der Waals surface area contributed by atoms with Gasteiger partial charge in [-0.3, -0.25) is 0 Å². The lowest BCUT2D eigenvalue weighted by atomic mass is 10.00.